The molecular weight excluding hydrogens is 384 g/mol. The normalized spacial score (nSPS) is 14.7. The van der Waals surface area contributed by atoms with Crippen LogP contribution in [0.3, 0.4) is 0 Å². The highest BCUT2D eigenvalue weighted by Gasteiger charge is 2.23. The summed E-state index contributed by atoms with van der Waals surface area (Å²) in [5.74, 6) is -0.830. The van der Waals surface area contributed by atoms with Crippen LogP contribution in [0.4, 0.5) is 10.8 Å². The van der Waals surface area contributed by atoms with Crippen molar-refractivity contribution in [3.05, 3.63) is 54.1 Å². The molecular formula is C22H24N4O2S. The van der Waals surface area contributed by atoms with Crippen molar-refractivity contribution in [1.29, 1.82) is 0 Å². The maximum Gasteiger partial charge on any atom is 0.313 e. The van der Waals surface area contributed by atoms with Crippen molar-refractivity contribution in [1.82, 2.24) is 10.3 Å². The number of piperidine rings is 1. The van der Waals surface area contributed by atoms with Gasteiger partial charge in [0.05, 0.1) is 10.2 Å². The molecule has 2 heterocycles. The first-order valence-electron chi connectivity index (χ1n) is 9.85. The Morgan fingerprint density at radius 3 is 2.55 bits per heavy atom. The van der Waals surface area contributed by atoms with E-state index in [1.165, 1.54) is 4.70 Å². The van der Waals surface area contributed by atoms with E-state index in [0.717, 1.165) is 42.1 Å². The van der Waals surface area contributed by atoms with Gasteiger partial charge < -0.3 is 15.5 Å². The molecule has 7 heteroatoms. The Morgan fingerprint density at radius 1 is 1.07 bits per heavy atom. The number of amides is 2. The van der Waals surface area contributed by atoms with Crippen molar-refractivity contribution in [2.75, 3.05) is 29.9 Å². The lowest BCUT2D eigenvalue weighted by atomic mass is 9.97. The molecule has 2 aromatic carbocycles. The van der Waals surface area contributed by atoms with Gasteiger partial charge in [-0.05, 0) is 49.4 Å². The zero-order valence-corrected chi connectivity index (χ0v) is 17.2. The monoisotopic (exact) mass is 408 g/mol. The predicted molar refractivity (Wildman–Crippen MR) is 117 cm³/mol. The van der Waals surface area contributed by atoms with Crippen molar-refractivity contribution in [3.63, 3.8) is 0 Å². The van der Waals surface area contributed by atoms with E-state index in [2.05, 4.69) is 21.6 Å². The minimum absolute atomic E-state index is 0.371. The molecule has 0 aliphatic carbocycles. The largest absolute Gasteiger partial charge is 0.348 e. The molecule has 4 rings (SSSR count). The van der Waals surface area contributed by atoms with E-state index in [0.29, 0.717) is 18.2 Å². The second-order valence-electron chi connectivity index (χ2n) is 7.37. The number of rotatable bonds is 4. The van der Waals surface area contributed by atoms with Gasteiger partial charge in [0.2, 0.25) is 0 Å². The zero-order chi connectivity index (χ0) is 20.2. The summed E-state index contributed by atoms with van der Waals surface area (Å²) in [5.41, 5.74) is 2.63. The summed E-state index contributed by atoms with van der Waals surface area (Å²) in [5, 5.41) is 6.52. The van der Waals surface area contributed by atoms with Gasteiger partial charge in [-0.25, -0.2) is 4.98 Å². The van der Waals surface area contributed by atoms with Crippen LogP contribution in [0.15, 0.2) is 48.5 Å². The van der Waals surface area contributed by atoms with Crippen molar-refractivity contribution in [2.24, 2.45) is 5.92 Å². The van der Waals surface area contributed by atoms with E-state index in [9.17, 15) is 9.59 Å². The molecule has 0 unspecified atom stereocenters. The highest BCUT2D eigenvalue weighted by Crippen LogP contribution is 2.31. The summed E-state index contributed by atoms with van der Waals surface area (Å²) in [6, 6.07) is 15.6. The molecule has 29 heavy (non-hydrogen) atoms. The molecule has 1 aliphatic rings. The number of hydrogen-bond donors (Lipinski definition) is 2. The van der Waals surface area contributed by atoms with Gasteiger partial charge in [-0.15, -0.1) is 0 Å². The van der Waals surface area contributed by atoms with Gasteiger partial charge in [0, 0.05) is 25.3 Å². The third-order valence-electron chi connectivity index (χ3n) is 5.32. The van der Waals surface area contributed by atoms with E-state index in [1.54, 1.807) is 17.4 Å². The van der Waals surface area contributed by atoms with Crippen LogP contribution >= 0.6 is 11.3 Å². The van der Waals surface area contributed by atoms with Gasteiger partial charge >= 0.3 is 11.8 Å². The van der Waals surface area contributed by atoms with Crippen molar-refractivity contribution in [2.45, 2.75) is 19.8 Å². The van der Waals surface area contributed by atoms with Gasteiger partial charge in [0.25, 0.3) is 0 Å². The van der Waals surface area contributed by atoms with E-state index in [1.807, 2.05) is 43.3 Å². The molecule has 6 nitrogen and oxygen atoms in total. The lowest BCUT2D eigenvalue weighted by Gasteiger charge is -2.31. The van der Waals surface area contributed by atoms with Crippen LogP contribution in [0.25, 0.3) is 10.2 Å². The Labute approximate surface area is 173 Å². The Hall–Kier alpha value is -2.93. The average molecular weight is 409 g/mol. The molecule has 0 saturated carbocycles. The number of benzene rings is 2. The molecule has 1 fully saturated rings. The molecule has 0 radical (unpaired) electrons. The van der Waals surface area contributed by atoms with Crippen LogP contribution in [-0.4, -0.2) is 36.4 Å². The fourth-order valence-corrected chi connectivity index (χ4v) is 4.55. The second-order valence-corrected chi connectivity index (χ2v) is 8.38. The van der Waals surface area contributed by atoms with Gasteiger partial charge in [-0.3, -0.25) is 9.59 Å². The second kappa shape index (κ2) is 8.61. The van der Waals surface area contributed by atoms with E-state index in [4.69, 9.17) is 4.98 Å². The summed E-state index contributed by atoms with van der Waals surface area (Å²) in [7, 11) is 0. The maximum absolute atomic E-state index is 12.1. The molecule has 150 valence electrons. The number of anilines is 2. The number of nitrogens with one attached hydrogen (secondary N) is 2. The fraction of sp³-hybridized carbons (Fsp3) is 0.318. The molecule has 0 spiro atoms. The van der Waals surface area contributed by atoms with Gasteiger partial charge in [-0.1, -0.05) is 41.7 Å². The van der Waals surface area contributed by atoms with E-state index >= 15 is 0 Å². The van der Waals surface area contributed by atoms with Gasteiger partial charge in [0.15, 0.2) is 5.13 Å². The van der Waals surface area contributed by atoms with Crippen LogP contribution in [0.5, 0.6) is 0 Å². The van der Waals surface area contributed by atoms with Crippen LogP contribution in [0, 0.1) is 12.8 Å². The number of nitrogens with zero attached hydrogens (tertiary/aromatic N) is 2. The number of fused-ring (bicyclic) bond motifs is 1. The molecule has 2 amide bonds. The summed E-state index contributed by atoms with van der Waals surface area (Å²) < 4.78 is 1.21. The van der Waals surface area contributed by atoms with Crippen LogP contribution in [0.2, 0.25) is 0 Å². The first kappa shape index (κ1) is 19.4. The Balaban J connectivity index is 1.25. The summed E-state index contributed by atoms with van der Waals surface area (Å²) in [6.45, 7) is 4.24. The van der Waals surface area contributed by atoms with Gasteiger partial charge in [-0.2, -0.15) is 0 Å². The van der Waals surface area contributed by atoms with E-state index < -0.39 is 11.8 Å². The number of para-hydroxylation sites is 2. The highest BCUT2D eigenvalue weighted by molar-refractivity contribution is 7.22. The minimum Gasteiger partial charge on any atom is -0.348 e. The quantitative estimate of drug-likeness (QED) is 0.647. The Kier molecular flexibility index (Phi) is 5.76. The van der Waals surface area contributed by atoms with Crippen molar-refractivity contribution < 1.29 is 9.59 Å². The fourth-order valence-electron chi connectivity index (χ4n) is 3.53. The van der Waals surface area contributed by atoms with Crippen molar-refractivity contribution in [3.8, 4) is 0 Å². The number of hydrogen-bond acceptors (Lipinski definition) is 5. The lowest BCUT2D eigenvalue weighted by Crippen LogP contribution is -2.41. The Morgan fingerprint density at radius 2 is 1.79 bits per heavy atom. The molecule has 2 N–H and O–H groups in total. The topological polar surface area (TPSA) is 74.3 Å². The predicted octanol–water partition coefficient (Wildman–Crippen LogP) is 3.58. The molecule has 0 atom stereocenters. The molecule has 3 aromatic rings. The third kappa shape index (κ3) is 4.56. The number of aryl methyl sites for hydroxylation is 1. The first-order valence-corrected chi connectivity index (χ1v) is 10.7. The maximum atomic E-state index is 12.1. The smallest absolute Gasteiger partial charge is 0.313 e. The molecule has 1 aromatic heterocycles. The summed E-state index contributed by atoms with van der Waals surface area (Å²) in [6.07, 6.45) is 1.94. The standard InChI is InChI=1S/C22H24N4O2S/c1-15-6-2-3-7-17(15)24-21(28)20(27)23-14-16-10-12-26(13-11-16)22-25-18-8-4-5-9-19(18)29-22/h2-9,16H,10-14H2,1H3,(H,23,27)(H,24,28). The third-order valence-corrected chi connectivity index (χ3v) is 6.42. The van der Waals surface area contributed by atoms with Gasteiger partial charge in [0.1, 0.15) is 0 Å². The Bertz CT molecular complexity index is 991. The van der Waals surface area contributed by atoms with Crippen molar-refractivity contribution >= 4 is 44.2 Å². The van der Waals surface area contributed by atoms with Crippen LogP contribution < -0.4 is 15.5 Å². The molecule has 1 aliphatic heterocycles. The lowest BCUT2D eigenvalue weighted by molar-refractivity contribution is -0.136. The average Bonchev–Trinajstić information content (AvgIpc) is 3.18. The number of thiazole rings is 1. The molecule has 1 saturated heterocycles. The SMILES string of the molecule is Cc1ccccc1NC(=O)C(=O)NCC1CCN(c2nc3ccccc3s2)CC1. The summed E-state index contributed by atoms with van der Waals surface area (Å²) >= 11 is 1.72. The number of carbonyl (C=O) groups is 2. The number of aromatic nitrogens is 1. The summed E-state index contributed by atoms with van der Waals surface area (Å²) in [4.78, 5) is 31.3. The zero-order valence-electron chi connectivity index (χ0n) is 16.4. The minimum atomic E-state index is -0.619. The van der Waals surface area contributed by atoms with E-state index in [-0.39, 0.29) is 0 Å². The first-order chi connectivity index (χ1) is 14.1. The van der Waals surface area contributed by atoms with Crippen LogP contribution in [-0.2, 0) is 9.59 Å². The highest BCUT2D eigenvalue weighted by atomic mass is 32.1. The van der Waals surface area contributed by atoms with Crippen LogP contribution in [0.1, 0.15) is 18.4 Å². The molecule has 0 bridgehead atoms. The number of carbonyl (C=O) groups excluding carboxylic acids is 2.